The smallest absolute Gasteiger partial charge is 0.233 e. The Balaban J connectivity index is 1.59. The van der Waals surface area contributed by atoms with Crippen molar-refractivity contribution in [2.24, 2.45) is 0 Å². The first-order chi connectivity index (χ1) is 14.5. The van der Waals surface area contributed by atoms with Crippen molar-refractivity contribution in [2.75, 3.05) is 11.4 Å². The molecule has 2 aromatic heterocycles. The van der Waals surface area contributed by atoms with Crippen molar-refractivity contribution in [1.82, 2.24) is 14.5 Å². The summed E-state index contributed by atoms with van der Waals surface area (Å²) in [5.41, 5.74) is 4.29. The van der Waals surface area contributed by atoms with E-state index in [-0.39, 0.29) is 5.91 Å². The number of fused-ring (bicyclic) bond motifs is 1. The number of halogens is 1. The molecule has 0 saturated carbocycles. The number of aryl methyl sites for hydroxylation is 3. The molecule has 0 radical (unpaired) electrons. The van der Waals surface area contributed by atoms with Crippen molar-refractivity contribution in [3.63, 3.8) is 0 Å². The molecular formula is C23H23ClN4OS. The van der Waals surface area contributed by atoms with Crippen LogP contribution in [0.4, 0.5) is 5.13 Å². The lowest BCUT2D eigenvalue weighted by Crippen LogP contribution is -2.33. The molecule has 0 aliphatic rings. The van der Waals surface area contributed by atoms with Crippen molar-refractivity contribution in [1.29, 1.82) is 0 Å². The van der Waals surface area contributed by atoms with Gasteiger partial charge in [-0.3, -0.25) is 9.69 Å². The van der Waals surface area contributed by atoms with Crippen LogP contribution in [0.3, 0.4) is 0 Å². The number of anilines is 1. The van der Waals surface area contributed by atoms with Gasteiger partial charge in [0.05, 0.1) is 23.0 Å². The molecule has 0 aliphatic heterocycles. The van der Waals surface area contributed by atoms with Gasteiger partial charge in [0.15, 0.2) is 5.13 Å². The molecule has 0 fully saturated rings. The number of imidazole rings is 1. The molecular weight excluding hydrogens is 416 g/mol. The van der Waals surface area contributed by atoms with Gasteiger partial charge in [0.2, 0.25) is 5.91 Å². The van der Waals surface area contributed by atoms with Crippen molar-refractivity contribution in [3.8, 4) is 0 Å². The molecule has 30 heavy (non-hydrogen) atoms. The van der Waals surface area contributed by atoms with E-state index in [9.17, 15) is 4.79 Å². The Morgan fingerprint density at radius 3 is 2.70 bits per heavy atom. The zero-order valence-electron chi connectivity index (χ0n) is 17.0. The van der Waals surface area contributed by atoms with Gasteiger partial charge in [0.1, 0.15) is 0 Å². The second-order valence-corrected chi connectivity index (χ2v) is 8.80. The first-order valence-electron chi connectivity index (χ1n) is 9.88. The number of nitrogens with zero attached hydrogens (tertiary/aromatic N) is 4. The fourth-order valence-electron chi connectivity index (χ4n) is 3.36. The summed E-state index contributed by atoms with van der Waals surface area (Å²) in [5.74, 6) is 0.0383. The van der Waals surface area contributed by atoms with Crippen LogP contribution >= 0.6 is 22.9 Å². The zero-order valence-corrected chi connectivity index (χ0v) is 18.6. The third-order valence-electron chi connectivity index (χ3n) is 5.23. The molecule has 1 amide bonds. The van der Waals surface area contributed by atoms with Gasteiger partial charge in [-0.2, -0.15) is 0 Å². The molecule has 0 unspecified atom stereocenters. The monoisotopic (exact) mass is 438 g/mol. The van der Waals surface area contributed by atoms with Crippen LogP contribution in [0.15, 0.2) is 55.1 Å². The molecule has 0 N–H and O–H groups in total. The molecule has 154 valence electrons. The second-order valence-electron chi connectivity index (χ2n) is 7.35. The summed E-state index contributed by atoms with van der Waals surface area (Å²) in [6, 6.07) is 11.6. The van der Waals surface area contributed by atoms with E-state index in [2.05, 4.69) is 31.0 Å². The largest absolute Gasteiger partial charge is 0.337 e. The van der Waals surface area contributed by atoms with Crippen LogP contribution in [0.5, 0.6) is 0 Å². The number of rotatable bonds is 7. The average molecular weight is 439 g/mol. The lowest BCUT2D eigenvalue weighted by molar-refractivity contribution is -0.118. The highest BCUT2D eigenvalue weighted by Crippen LogP contribution is 2.32. The number of hydrogen-bond donors (Lipinski definition) is 0. The third-order valence-corrected chi connectivity index (χ3v) is 6.53. The summed E-state index contributed by atoms with van der Waals surface area (Å²) in [6.45, 7) is 5.57. The SMILES string of the molecule is Cc1ccc2sc(N(CCCn3ccnc3)C(=O)Cc3ccc(Cl)cc3)nc2c1C. The number of carbonyl (C=O) groups excluding carboxylic acids is 1. The Hall–Kier alpha value is -2.70. The van der Waals surface area contributed by atoms with Crippen LogP contribution in [-0.2, 0) is 17.8 Å². The van der Waals surface area contributed by atoms with Crippen molar-refractivity contribution < 1.29 is 4.79 Å². The number of benzene rings is 2. The van der Waals surface area contributed by atoms with E-state index in [0.29, 0.717) is 18.0 Å². The molecule has 2 aromatic carbocycles. The number of amides is 1. The maximum Gasteiger partial charge on any atom is 0.233 e. The first kappa shape index (κ1) is 20.6. The maximum atomic E-state index is 13.3. The fourth-order valence-corrected chi connectivity index (χ4v) is 4.55. The summed E-state index contributed by atoms with van der Waals surface area (Å²) < 4.78 is 3.13. The van der Waals surface area contributed by atoms with Gasteiger partial charge in [-0.15, -0.1) is 0 Å². The minimum Gasteiger partial charge on any atom is -0.337 e. The quantitative estimate of drug-likeness (QED) is 0.386. The minimum atomic E-state index is 0.0383. The van der Waals surface area contributed by atoms with Crippen LogP contribution in [-0.4, -0.2) is 27.0 Å². The molecule has 0 aliphatic carbocycles. The third kappa shape index (κ3) is 4.55. The Labute approximate surface area is 185 Å². The van der Waals surface area contributed by atoms with Crippen LogP contribution < -0.4 is 4.90 Å². The van der Waals surface area contributed by atoms with E-state index >= 15 is 0 Å². The summed E-state index contributed by atoms with van der Waals surface area (Å²) >= 11 is 7.56. The Bertz CT molecular complexity index is 1150. The maximum absolute atomic E-state index is 13.3. The van der Waals surface area contributed by atoms with Gasteiger partial charge < -0.3 is 4.57 Å². The van der Waals surface area contributed by atoms with Gasteiger partial charge in [-0.25, -0.2) is 9.97 Å². The Morgan fingerprint density at radius 1 is 1.17 bits per heavy atom. The number of hydrogen-bond acceptors (Lipinski definition) is 4. The molecule has 0 saturated heterocycles. The van der Waals surface area contributed by atoms with Crippen molar-refractivity contribution in [2.45, 2.75) is 33.2 Å². The molecule has 2 heterocycles. The second kappa shape index (κ2) is 8.98. The summed E-state index contributed by atoms with van der Waals surface area (Å²) in [4.78, 5) is 24.0. The van der Waals surface area contributed by atoms with E-state index in [4.69, 9.17) is 16.6 Å². The summed E-state index contributed by atoms with van der Waals surface area (Å²) in [5, 5.41) is 1.42. The van der Waals surface area contributed by atoms with Crippen LogP contribution in [0.25, 0.3) is 10.2 Å². The van der Waals surface area contributed by atoms with Crippen molar-refractivity contribution >= 4 is 44.2 Å². The van der Waals surface area contributed by atoms with Crippen LogP contribution in [0.2, 0.25) is 5.02 Å². The molecule has 0 spiro atoms. The highest BCUT2D eigenvalue weighted by atomic mass is 35.5. The highest BCUT2D eigenvalue weighted by molar-refractivity contribution is 7.22. The number of thiazole rings is 1. The Morgan fingerprint density at radius 2 is 1.97 bits per heavy atom. The molecule has 4 rings (SSSR count). The molecule has 7 heteroatoms. The lowest BCUT2D eigenvalue weighted by Gasteiger charge is -2.20. The average Bonchev–Trinajstić information content (AvgIpc) is 3.40. The predicted molar refractivity (Wildman–Crippen MR) is 123 cm³/mol. The zero-order chi connectivity index (χ0) is 21.1. The fraction of sp³-hybridized carbons (Fsp3) is 0.261. The minimum absolute atomic E-state index is 0.0383. The van der Waals surface area contributed by atoms with Crippen LogP contribution in [0.1, 0.15) is 23.1 Å². The van der Waals surface area contributed by atoms with Crippen LogP contribution in [0, 0.1) is 13.8 Å². The highest BCUT2D eigenvalue weighted by Gasteiger charge is 2.20. The molecule has 5 nitrogen and oxygen atoms in total. The summed E-state index contributed by atoms with van der Waals surface area (Å²) in [6.07, 6.45) is 6.63. The van der Waals surface area contributed by atoms with E-state index in [0.717, 1.165) is 33.9 Å². The van der Waals surface area contributed by atoms with Gasteiger partial charge in [0, 0.05) is 30.5 Å². The number of carbonyl (C=O) groups is 1. The van der Waals surface area contributed by atoms with Gasteiger partial charge in [0.25, 0.3) is 0 Å². The molecule has 4 aromatic rings. The molecule has 0 atom stereocenters. The standard InChI is InChI=1S/C23H23ClN4OS/c1-16-4-9-20-22(17(16)2)26-23(30-20)28(12-3-11-27-13-10-25-15-27)21(29)14-18-5-7-19(24)8-6-18/h4-10,13,15H,3,11-12,14H2,1-2H3. The topological polar surface area (TPSA) is 51.0 Å². The normalized spacial score (nSPS) is 11.2. The van der Waals surface area contributed by atoms with E-state index in [1.165, 1.54) is 11.1 Å². The first-order valence-corrected chi connectivity index (χ1v) is 11.1. The van der Waals surface area contributed by atoms with E-state index < -0.39 is 0 Å². The Kier molecular flexibility index (Phi) is 6.16. The lowest BCUT2D eigenvalue weighted by atomic mass is 10.1. The van der Waals surface area contributed by atoms with Gasteiger partial charge in [-0.05, 0) is 55.2 Å². The predicted octanol–water partition coefficient (Wildman–Crippen LogP) is 5.43. The molecule has 0 bridgehead atoms. The number of aromatic nitrogens is 3. The van der Waals surface area contributed by atoms with E-state index in [1.54, 1.807) is 23.9 Å². The van der Waals surface area contributed by atoms with Gasteiger partial charge >= 0.3 is 0 Å². The summed E-state index contributed by atoms with van der Waals surface area (Å²) in [7, 11) is 0. The van der Waals surface area contributed by atoms with E-state index in [1.807, 2.05) is 39.9 Å². The van der Waals surface area contributed by atoms with Crippen molar-refractivity contribution in [3.05, 3.63) is 76.8 Å². The van der Waals surface area contributed by atoms with Gasteiger partial charge in [-0.1, -0.05) is 41.1 Å².